The fourth-order valence-electron chi connectivity index (χ4n) is 5.37. The van der Waals surface area contributed by atoms with E-state index in [0.717, 1.165) is 19.3 Å². The van der Waals surface area contributed by atoms with Gasteiger partial charge in [-0.2, -0.15) is 39.5 Å². The van der Waals surface area contributed by atoms with Gasteiger partial charge >= 0.3 is 23.3 Å². The molecule has 0 unspecified atom stereocenters. The summed E-state index contributed by atoms with van der Waals surface area (Å²) in [6.07, 6.45) is -2.93. The predicted octanol–water partition coefficient (Wildman–Crippen LogP) is 4.55. The summed E-state index contributed by atoms with van der Waals surface area (Å²) in [6.45, 7) is -0.692. The second-order valence-corrected chi connectivity index (χ2v) is 10.2. The van der Waals surface area contributed by atoms with E-state index in [-0.39, 0.29) is 17.8 Å². The fraction of sp³-hybridized carbons (Fsp3) is 1.00. The van der Waals surface area contributed by atoms with Crippen LogP contribution in [0.3, 0.4) is 0 Å². The number of rotatable bonds is 6. The van der Waals surface area contributed by atoms with Crippen LogP contribution < -0.4 is 4.72 Å². The van der Waals surface area contributed by atoms with Crippen LogP contribution in [0.25, 0.3) is 0 Å². The first-order valence-electron chi connectivity index (χ1n) is 8.63. The minimum Gasteiger partial charge on any atom is -0.209 e. The third-order valence-corrected chi connectivity index (χ3v) is 7.71. The Labute approximate surface area is 155 Å². The standard InChI is InChI=1S/C15H18F9NO2S/c16-12(17,14(20,21)22)13(18,19)15(23,24)28(26,27)25-7-11-4-8-1-9(5-11)3-10(2-8)6-11/h8-10,25H,1-7H2. The molecular weight excluding hydrogens is 429 g/mol. The van der Waals surface area contributed by atoms with Crippen LogP contribution in [-0.4, -0.2) is 38.2 Å². The number of sulfonamides is 1. The van der Waals surface area contributed by atoms with Crippen molar-refractivity contribution in [1.82, 2.24) is 4.72 Å². The molecule has 0 radical (unpaired) electrons. The smallest absolute Gasteiger partial charge is 0.209 e. The van der Waals surface area contributed by atoms with E-state index >= 15 is 0 Å². The summed E-state index contributed by atoms with van der Waals surface area (Å²) in [4.78, 5) is 0. The number of halogens is 9. The Bertz CT molecular complexity index is 697. The number of hydrogen-bond donors (Lipinski definition) is 1. The van der Waals surface area contributed by atoms with E-state index in [9.17, 15) is 47.9 Å². The van der Waals surface area contributed by atoms with Crippen molar-refractivity contribution in [2.24, 2.45) is 23.2 Å². The average molecular weight is 447 g/mol. The quantitative estimate of drug-likeness (QED) is 0.608. The van der Waals surface area contributed by atoms with Crippen molar-refractivity contribution >= 4 is 10.0 Å². The van der Waals surface area contributed by atoms with Crippen LogP contribution in [0.2, 0.25) is 0 Å². The first kappa shape index (κ1) is 22.0. The van der Waals surface area contributed by atoms with Crippen molar-refractivity contribution in [3.8, 4) is 0 Å². The fourth-order valence-corrected chi connectivity index (χ4v) is 6.52. The molecular formula is C15H18F9NO2S. The SMILES string of the molecule is O=S(=O)(NCC12CC3CC(CC(C3)C1)C2)C(F)(F)C(F)(F)C(F)(F)C(F)(F)F. The van der Waals surface area contributed by atoms with E-state index in [1.807, 2.05) is 0 Å². The van der Waals surface area contributed by atoms with Gasteiger partial charge in [-0.25, -0.2) is 13.1 Å². The number of nitrogens with one attached hydrogen (secondary N) is 1. The van der Waals surface area contributed by atoms with Gasteiger partial charge in [0.15, 0.2) is 0 Å². The third kappa shape index (κ3) is 3.10. The average Bonchev–Trinajstić information content (AvgIpc) is 2.50. The summed E-state index contributed by atoms with van der Waals surface area (Å²) in [6, 6.07) is 0. The van der Waals surface area contributed by atoms with Crippen LogP contribution in [0.15, 0.2) is 0 Å². The van der Waals surface area contributed by atoms with Crippen molar-refractivity contribution in [3.05, 3.63) is 0 Å². The minimum atomic E-state index is -7.24. The molecule has 4 fully saturated rings. The lowest BCUT2D eigenvalue weighted by Crippen LogP contribution is -2.65. The highest BCUT2D eigenvalue weighted by Gasteiger charge is 2.85. The lowest BCUT2D eigenvalue weighted by molar-refractivity contribution is -0.382. The van der Waals surface area contributed by atoms with Crippen molar-refractivity contribution in [2.45, 2.75) is 61.8 Å². The molecule has 0 aromatic carbocycles. The Kier molecular flexibility index (Phi) is 4.82. The monoisotopic (exact) mass is 447 g/mol. The zero-order valence-corrected chi connectivity index (χ0v) is 15.1. The van der Waals surface area contributed by atoms with Gasteiger partial charge in [-0.05, 0) is 61.7 Å². The molecule has 4 bridgehead atoms. The third-order valence-electron chi connectivity index (χ3n) is 6.26. The normalized spacial score (nSPS) is 34.1. The highest BCUT2D eigenvalue weighted by molar-refractivity contribution is 7.90. The molecule has 28 heavy (non-hydrogen) atoms. The van der Waals surface area contributed by atoms with Crippen LogP contribution in [0.4, 0.5) is 39.5 Å². The second kappa shape index (κ2) is 6.14. The zero-order chi connectivity index (χ0) is 21.4. The molecule has 13 heteroatoms. The van der Waals surface area contributed by atoms with Crippen LogP contribution in [0, 0.1) is 23.2 Å². The minimum absolute atomic E-state index is 0.243. The predicted molar refractivity (Wildman–Crippen MR) is 78.4 cm³/mol. The summed E-state index contributed by atoms with van der Waals surface area (Å²) >= 11 is 0. The highest BCUT2D eigenvalue weighted by atomic mass is 32.2. The highest BCUT2D eigenvalue weighted by Crippen LogP contribution is 2.60. The lowest BCUT2D eigenvalue weighted by Gasteiger charge is -2.57. The van der Waals surface area contributed by atoms with Gasteiger partial charge < -0.3 is 0 Å². The maximum absolute atomic E-state index is 13.8. The van der Waals surface area contributed by atoms with Gasteiger partial charge in [0.2, 0.25) is 0 Å². The maximum atomic E-state index is 13.8. The van der Waals surface area contributed by atoms with Crippen LogP contribution in [0.5, 0.6) is 0 Å². The molecule has 4 aliphatic carbocycles. The Balaban J connectivity index is 1.80. The Morgan fingerprint density at radius 2 is 1.14 bits per heavy atom. The molecule has 4 saturated carbocycles. The largest absolute Gasteiger partial charge is 0.460 e. The zero-order valence-electron chi connectivity index (χ0n) is 14.3. The van der Waals surface area contributed by atoms with E-state index < -0.39 is 45.3 Å². The molecule has 1 N–H and O–H groups in total. The van der Waals surface area contributed by atoms with Gasteiger partial charge in [-0.15, -0.1) is 0 Å². The maximum Gasteiger partial charge on any atom is 0.460 e. The van der Waals surface area contributed by atoms with Crippen molar-refractivity contribution in [3.63, 3.8) is 0 Å². The molecule has 0 spiro atoms. The van der Waals surface area contributed by atoms with Crippen LogP contribution in [-0.2, 0) is 10.0 Å². The van der Waals surface area contributed by atoms with Gasteiger partial charge in [0.05, 0.1) is 0 Å². The van der Waals surface area contributed by atoms with Gasteiger partial charge in [0.25, 0.3) is 10.0 Å². The van der Waals surface area contributed by atoms with Gasteiger partial charge in [0, 0.05) is 6.54 Å². The summed E-state index contributed by atoms with van der Waals surface area (Å²) in [5.41, 5.74) is -0.764. The molecule has 164 valence electrons. The molecule has 0 saturated heterocycles. The number of hydrogen-bond acceptors (Lipinski definition) is 2. The molecule has 0 heterocycles. The molecule has 0 amide bonds. The first-order valence-corrected chi connectivity index (χ1v) is 10.1. The Morgan fingerprint density at radius 3 is 1.50 bits per heavy atom. The first-order chi connectivity index (χ1) is 12.4. The summed E-state index contributed by atoms with van der Waals surface area (Å²) < 4.78 is 141. The Hall–Kier alpha value is -0.720. The van der Waals surface area contributed by atoms with E-state index in [4.69, 9.17) is 0 Å². The molecule has 4 aliphatic rings. The topological polar surface area (TPSA) is 46.2 Å². The van der Waals surface area contributed by atoms with Crippen molar-refractivity contribution < 1.29 is 47.9 Å². The second-order valence-electron chi connectivity index (χ2n) is 8.41. The van der Waals surface area contributed by atoms with E-state index in [1.54, 1.807) is 0 Å². The molecule has 0 aliphatic heterocycles. The van der Waals surface area contributed by atoms with Crippen molar-refractivity contribution in [2.75, 3.05) is 6.54 Å². The summed E-state index contributed by atoms with van der Waals surface area (Å²) in [5.74, 6) is -13.7. The summed E-state index contributed by atoms with van der Waals surface area (Å²) in [7, 11) is -6.52. The van der Waals surface area contributed by atoms with E-state index in [2.05, 4.69) is 0 Å². The van der Waals surface area contributed by atoms with Crippen molar-refractivity contribution in [1.29, 1.82) is 0 Å². The van der Waals surface area contributed by atoms with Gasteiger partial charge in [0.1, 0.15) is 0 Å². The number of alkyl halides is 9. The molecule has 0 aromatic rings. The van der Waals surface area contributed by atoms with E-state index in [0.29, 0.717) is 19.3 Å². The molecule has 3 nitrogen and oxygen atoms in total. The molecule has 0 atom stereocenters. The van der Waals surface area contributed by atoms with E-state index in [1.165, 1.54) is 4.72 Å². The van der Waals surface area contributed by atoms with Crippen LogP contribution in [0.1, 0.15) is 38.5 Å². The summed E-state index contributed by atoms with van der Waals surface area (Å²) in [5, 5.41) is -6.67. The molecule has 4 rings (SSSR count). The molecule has 0 aromatic heterocycles. The van der Waals surface area contributed by atoms with Crippen LogP contribution >= 0.6 is 0 Å². The Morgan fingerprint density at radius 1 is 0.750 bits per heavy atom. The van der Waals surface area contributed by atoms with Gasteiger partial charge in [-0.1, -0.05) is 0 Å². The lowest BCUT2D eigenvalue weighted by atomic mass is 9.50. The van der Waals surface area contributed by atoms with Gasteiger partial charge in [-0.3, -0.25) is 0 Å².